The molecule has 0 amide bonds. The zero-order chi connectivity index (χ0) is 13.1. The number of phenolic OH excluding ortho intramolecular Hbond substituents is 1. The lowest BCUT2D eigenvalue weighted by Gasteiger charge is -2.05. The van der Waals surface area contributed by atoms with Crippen LogP contribution >= 0.6 is 0 Å². The van der Waals surface area contributed by atoms with Crippen LogP contribution in [0.2, 0.25) is 0 Å². The first kappa shape index (κ1) is 11.8. The molecule has 0 saturated heterocycles. The highest BCUT2D eigenvalue weighted by Gasteiger charge is 2.13. The second-order valence-electron chi connectivity index (χ2n) is 3.67. The van der Waals surface area contributed by atoms with Crippen LogP contribution in [0.4, 0.5) is 5.69 Å². The molecule has 0 atom stereocenters. The molecule has 92 valence electrons. The zero-order valence-electron chi connectivity index (χ0n) is 9.53. The molecule has 0 unspecified atom stereocenters. The molecule has 0 radical (unpaired) electrons. The lowest BCUT2D eigenvalue weighted by atomic mass is 10.2. The molecular weight excluding hydrogens is 236 g/mol. The van der Waals surface area contributed by atoms with E-state index in [0.717, 1.165) is 0 Å². The van der Waals surface area contributed by atoms with Gasteiger partial charge in [0.15, 0.2) is 0 Å². The fraction of sp³-hybridized carbons (Fsp3) is 0.0833. The van der Waals surface area contributed by atoms with Crippen LogP contribution < -0.4 is 4.74 Å². The van der Waals surface area contributed by atoms with Gasteiger partial charge in [-0.05, 0) is 19.1 Å². The highest BCUT2D eigenvalue weighted by atomic mass is 16.6. The quantitative estimate of drug-likeness (QED) is 0.664. The molecule has 0 spiro atoms. The van der Waals surface area contributed by atoms with Gasteiger partial charge in [0, 0.05) is 17.8 Å². The Hall–Kier alpha value is -2.63. The molecule has 1 heterocycles. The van der Waals surface area contributed by atoms with E-state index in [-0.39, 0.29) is 17.3 Å². The fourth-order valence-corrected chi connectivity index (χ4v) is 1.41. The van der Waals surface area contributed by atoms with Crippen molar-refractivity contribution in [1.82, 2.24) is 4.98 Å². The van der Waals surface area contributed by atoms with Crippen molar-refractivity contribution in [2.75, 3.05) is 0 Å². The molecule has 0 bridgehead atoms. The average Bonchev–Trinajstić information content (AvgIpc) is 2.31. The number of phenols is 1. The summed E-state index contributed by atoms with van der Waals surface area (Å²) in [4.78, 5) is 14.2. The Morgan fingerprint density at radius 3 is 2.83 bits per heavy atom. The van der Waals surface area contributed by atoms with Crippen LogP contribution in [0, 0.1) is 17.0 Å². The minimum absolute atomic E-state index is 0.0501. The number of hydrogen-bond acceptors (Lipinski definition) is 5. The zero-order valence-corrected chi connectivity index (χ0v) is 9.53. The minimum atomic E-state index is -0.494. The summed E-state index contributed by atoms with van der Waals surface area (Å²) in [6.07, 6.45) is 1.37. The van der Waals surface area contributed by atoms with E-state index >= 15 is 0 Å². The molecule has 2 aromatic rings. The number of aryl methyl sites for hydroxylation is 1. The van der Waals surface area contributed by atoms with Crippen molar-refractivity contribution in [1.29, 1.82) is 0 Å². The number of nitrogens with zero attached hydrogens (tertiary/aromatic N) is 2. The predicted octanol–water partition coefficient (Wildman–Crippen LogP) is 2.80. The van der Waals surface area contributed by atoms with Gasteiger partial charge in [-0.2, -0.15) is 0 Å². The molecule has 2 rings (SSSR count). The summed E-state index contributed by atoms with van der Waals surface area (Å²) in [5.41, 5.74) is 0.406. The minimum Gasteiger partial charge on any atom is -0.508 e. The Balaban J connectivity index is 2.30. The summed E-state index contributed by atoms with van der Waals surface area (Å²) >= 11 is 0. The van der Waals surface area contributed by atoms with Crippen LogP contribution in [0.15, 0.2) is 36.5 Å². The normalized spacial score (nSPS) is 10.1. The highest BCUT2D eigenvalue weighted by Crippen LogP contribution is 2.27. The molecule has 0 aliphatic carbocycles. The Labute approximate surface area is 103 Å². The van der Waals surface area contributed by atoms with Crippen molar-refractivity contribution in [3.05, 3.63) is 52.2 Å². The number of benzene rings is 1. The van der Waals surface area contributed by atoms with Crippen LogP contribution in [-0.4, -0.2) is 15.0 Å². The van der Waals surface area contributed by atoms with Gasteiger partial charge in [-0.25, -0.2) is 4.98 Å². The summed E-state index contributed by atoms with van der Waals surface area (Å²) < 4.78 is 5.33. The molecule has 1 aromatic carbocycles. The molecule has 0 fully saturated rings. The maximum absolute atomic E-state index is 10.8. The summed E-state index contributed by atoms with van der Waals surface area (Å²) in [7, 11) is 0. The maximum atomic E-state index is 10.8. The van der Waals surface area contributed by atoms with E-state index in [1.54, 1.807) is 19.1 Å². The second kappa shape index (κ2) is 4.70. The molecule has 6 heteroatoms. The molecule has 0 aliphatic heterocycles. The van der Waals surface area contributed by atoms with Gasteiger partial charge in [0.2, 0.25) is 5.88 Å². The number of rotatable bonds is 3. The van der Waals surface area contributed by atoms with Crippen LogP contribution in [0.1, 0.15) is 5.56 Å². The number of aromatic nitrogens is 1. The van der Waals surface area contributed by atoms with E-state index in [1.165, 1.54) is 24.4 Å². The first-order valence-corrected chi connectivity index (χ1v) is 5.14. The van der Waals surface area contributed by atoms with Crippen molar-refractivity contribution in [3.63, 3.8) is 0 Å². The number of ether oxygens (including phenoxy) is 1. The smallest absolute Gasteiger partial charge is 0.279 e. The van der Waals surface area contributed by atoms with Crippen molar-refractivity contribution < 1.29 is 14.8 Å². The average molecular weight is 246 g/mol. The topological polar surface area (TPSA) is 85.5 Å². The van der Waals surface area contributed by atoms with Crippen molar-refractivity contribution in [2.24, 2.45) is 0 Å². The van der Waals surface area contributed by atoms with E-state index < -0.39 is 4.92 Å². The fourth-order valence-electron chi connectivity index (χ4n) is 1.41. The SMILES string of the molecule is Cc1cnc(Oc2cccc(O)c2)cc1[N+](=O)[O-]. The van der Waals surface area contributed by atoms with Crippen LogP contribution in [0.3, 0.4) is 0 Å². The Morgan fingerprint density at radius 2 is 2.17 bits per heavy atom. The number of nitro groups is 1. The first-order chi connectivity index (χ1) is 8.56. The van der Waals surface area contributed by atoms with Crippen molar-refractivity contribution in [3.8, 4) is 17.4 Å². The van der Waals surface area contributed by atoms with Gasteiger partial charge in [-0.1, -0.05) is 6.07 Å². The summed E-state index contributed by atoms with van der Waals surface area (Å²) in [6, 6.07) is 7.37. The van der Waals surface area contributed by atoms with Crippen LogP contribution in [0.25, 0.3) is 0 Å². The number of hydrogen-bond donors (Lipinski definition) is 1. The molecular formula is C12H10N2O4. The third-order valence-corrected chi connectivity index (χ3v) is 2.29. The number of pyridine rings is 1. The van der Waals surface area contributed by atoms with Gasteiger partial charge >= 0.3 is 0 Å². The Bertz CT molecular complexity index is 598. The molecule has 1 aromatic heterocycles. The second-order valence-corrected chi connectivity index (χ2v) is 3.67. The largest absolute Gasteiger partial charge is 0.508 e. The molecule has 1 N–H and O–H groups in total. The predicted molar refractivity (Wildman–Crippen MR) is 63.8 cm³/mol. The maximum Gasteiger partial charge on any atom is 0.279 e. The van der Waals surface area contributed by atoms with Gasteiger partial charge < -0.3 is 9.84 Å². The monoisotopic (exact) mass is 246 g/mol. The molecule has 18 heavy (non-hydrogen) atoms. The van der Waals surface area contributed by atoms with Crippen molar-refractivity contribution in [2.45, 2.75) is 6.92 Å². The lowest BCUT2D eigenvalue weighted by molar-refractivity contribution is -0.385. The van der Waals surface area contributed by atoms with Gasteiger partial charge in [0.25, 0.3) is 5.69 Å². The summed E-state index contributed by atoms with van der Waals surface area (Å²) in [6.45, 7) is 1.60. The highest BCUT2D eigenvalue weighted by molar-refractivity contribution is 5.42. The van der Waals surface area contributed by atoms with Gasteiger partial charge in [-0.3, -0.25) is 10.1 Å². The van der Waals surface area contributed by atoms with Crippen LogP contribution in [-0.2, 0) is 0 Å². The van der Waals surface area contributed by atoms with E-state index in [2.05, 4.69) is 4.98 Å². The molecule has 6 nitrogen and oxygen atoms in total. The summed E-state index contributed by atoms with van der Waals surface area (Å²) in [5, 5.41) is 20.0. The number of aromatic hydroxyl groups is 1. The third-order valence-electron chi connectivity index (χ3n) is 2.29. The van der Waals surface area contributed by atoms with E-state index in [4.69, 9.17) is 4.74 Å². The Kier molecular flexibility index (Phi) is 3.09. The van der Waals surface area contributed by atoms with E-state index in [9.17, 15) is 15.2 Å². The summed E-state index contributed by atoms with van der Waals surface area (Å²) in [5.74, 6) is 0.521. The van der Waals surface area contributed by atoms with Gasteiger partial charge in [0.1, 0.15) is 11.5 Å². The van der Waals surface area contributed by atoms with Gasteiger partial charge in [0.05, 0.1) is 11.0 Å². The molecule has 0 aliphatic rings. The first-order valence-electron chi connectivity index (χ1n) is 5.14. The van der Waals surface area contributed by atoms with Crippen LogP contribution in [0.5, 0.6) is 17.4 Å². The van der Waals surface area contributed by atoms with E-state index in [1.807, 2.05) is 0 Å². The van der Waals surface area contributed by atoms with Crippen molar-refractivity contribution >= 4 is 5.69 Å². The molecule has 0 saturated carbocycles. The Morgan fingerprint density at radius 1 is 1.39 bits per heavy atom. The standard InChI is InChI=1S/C12H10N2O4/c1-8-7-13-12(6-11(8)14(16)17)18-10-4-2-3-9(15)5-10/h2-7,15H,1H3. The third kappa shape index (κ3) is 2.54. The van der Waals surface area contributed by atoms with Gasteiger partial charge in [-0.15, -0.1) is 0 Å². The lowest BCUT2D eigenvalue weighted by Crippen LogP contribution is -1.95. The van der Waals surface area contributed by atoms with E-state index in [0.29, 0.717) is 11.3 Å².